The highest BCUT2D eigenvalue weighted by Crippen LogP contribution is 1.98. The minimum atomic E-state index is 0.724. The molecule has 58 valence electrons. The van der Waals surface area contributed by atoms with Gasteiger partial charge in [-0.1, -0.05) is 13.0 Å². The third-order valence-corrected chi connectivity index (χ3v) is 1.24. The van der Waals surface area contributed by atoms with Gasteiger partial charge in [-0.05, 0) is 13.3 Å². The predicted molar refractivity (Wildman–Crippen MR) is 44.4 cm³/mol. The molecule has 0 aromatic rings. The van der Waals surface area contributed by atoms with Gasteiger partial charge < -0.3 is 4.74 Å². The molecule has 0 aliphatic rings. The Morgan fingerprint density at radius 2 is 2.20 bits per heavy atom. The van der Waals surface area contributed by atoms with Crippen molar-refractivity contribution in [1.82, 2.24) is 0 Å². The summed E-state index contributed by atoms with van der Waals surface area (Å²) < 4.78 is 5.00. The minimum Gasteiger partial charge on any atom is -0.481 e. The Morgan fingerprint density at radius 1 is 1.60 bits per heavy atom. The standard InChI is InChI=1S/C8H15NO/c1-5-6-7(2)8(9-3)10-4/h6H,5H2,1-4H3/b7-6-,9-8+. The number of ether oxygens (including phenoxy) is 1. The highest BCUT2D eigenvalue weighted by molar-refractivity contribution is 5.92. The van der Waals surface area contributed by atoms with Crippen LogP contribution in [-0.2, 0) is 4.74 Å². The highest BCUT2D eigenvalue weighted by atomic mass is 16.5. The van der Waals surface area contributed by atoms with Gasteiger partial charge in [-0.3, -0.25) is 4.99 Å². The van der Waals surface area contributed by atoms with Crippen molar-refractivity contribution in [2.24, 2.45) is 4.99 Å². The van der Waals surface area contributed by atoms with Crippen LogP contribution in [0.4, 0.5) is 0 Å². The van der Waals surface area contributed by atoms with Crippen LogP contribution in [0, 0.1) is 0 Å². The molecule has 2 nitrogen and oxygen atoms in total. The molecule has 0 saturated carbocycles. The maximum Gasteiger partial charge on any atom is 0.210 e. The zero-order valence-corrected chi connectivity index (χ0v) is 7.14. The third-order valence-electron chi connectivity index (χ3n) is 1.24. The number of hydrogen-bond donors (Lipinski definition) is 0. The molecule has 0 atom stereocenters. The number of hydrogen-bond acceptors (Lipinski definition) is 2. The zero-order valence-electron chi connectivity index (χ0n) is 7.14. The van der Waals surface area contributed by atoms with Crippen LogP contribution in [0.1, 0.15) is 20.3 Å². The predicted octanol–water partition coefficient (Wildman–Crippen LogP) is 2.02. The summed E-state index contributed by atoms with van der Waals surface area (Å²) in [5, 5.41) is 0. The van der Waals surface area contributed by atoms with Gasteiger partial charge in [-0.2, -0.15) is 0 Å². The first kappa shape index (κ1) is 9.21. The molecule has 0 N–H and O–H groups in total. The molecule has 0 fully saturated rings. The largest absolute Gasteiger partial charge is 0.481 e. The van der Waals surface area contributed by atoms with Crippen molar-refractivity contribution in [2.45, 2.75) is 20.3 Å². The normalized spacial score (nSPS) is 13.6. The van der Waals surface area contributed by atoms with Gasteiger partial charge in [0.05, 0.1) is 7.11 Å². The van der Waals surface area contributed by atoms with Crippen molar-refractivity contribution in [2.75, 3.05) is 14.2 Å². The minimum absolute atomic E-state index is 0.724. The topological polar surface area (TPSA) is 21.6 Å². The van der Waals surface area contributed by atoms with Crippen molar-refractivity contribution in [3.05, 3.63) is 11.6 Å². The molecule has 10 heavy (non-hydrogen) atoms. The molecular formula is C8H15NO. The summed E-state index contributed by atoms with van der Waals surface area (Å²) in [7, 11) is 3.36. The van der Waals surface area contributed by atoms with E-state index in [1.165, 1.54) is 0 Å². The van der Waals surface area contributed by atoms with E-state index in [4.69, 9.17) is 4.74 Å². The van der Waals surface area contributed by atoms with E-state index in [0.29, 0.717) is 0 Å². The summed E-state index contributed by atoms with van der Waals surface area (Å²) in [6.07, 6.45) is 3.11. The second-order valence-electron chi connectivity index (χ2n) is 2.03. The van der Waals surface area contributed by atoms with Gasteiger partial charge in [0.1, 0.15) is 0 Å². The Hall–Kier alpha value is -0.790. The molecule has 0 rings (SSSR count). The van der Waals surface area contributed by atoms with Gasteiger partial charge in [0, 0.05) is 12.6 Å². The average Bonchev–Trinajstić information content (AvgIpc) is 1.91. The van der Waals surface area contributed by atoms with Gasteiger partial charge in [-0.15, -0.1) is 0 Å². The summed E-state index contributed by atoms with van der Waals surface area (Å²) in [5.74, 6) is 0.724. The lowest BCUT2D eigenvalue weighted by Gasteiger charge is -2.02. The van der Waals surface area contributed by atoms with E-state index in [9.17, 15) is 0 Å². The smallest absolute Gasteiger partial charge is 0.210 e. The summed E-state index contributed by atoms with van der Waals surface area (Å²) >= 11 is 0. The fraction of sp³-hybridized carbons (Fsp3) is 0.625. The molecule has 0 aromatic carbocycles. The van der Waals surface area contributed by atoms with E-state index >= 15 is 0 Å². The maximum absolute atomic E-state index is 5.00. The van der Waals surface area contributed by atoms with E-state index < -0.39 is 0 Å². The molecule has 0 saturated heterocycles. The Kier molecular flexibility index (Phi) is 4.63. The van der Waals surface area contributed by atoms with Gasteiger partial charge in [0.2, 0.25) is 5.90 Å². The van der Waals surface area contributed by atoms with Crippen LogP contribution >= 0.6 is 0 Å². The summed E-state index contributed by atoms with van der Waals surface area (Å²) in [4.78, 5) is 3.95. The Morgan fingerprint density at radius 3 is 2.50 bits per heavy atom. The monoisotopic (exact) mass is 141 g/mol. The first-order chi connectivity index (χ1) is 4.76. The Bertz CT molecular complexity index is 147. The van der Waals surface area contributed by atoms with Crippen LogP contribution in [0.5, 0.6) is 0 Å². The van der Waals surface area contributed by atoms with Crippen molar-refractivity contribution in [3.8, 4) is 0 Å². The number of rotatable bonds is 2. The number of nitrogens with zero attached hydrogens (tertiary/aromatic N) is 1. The Balaban J connectivity index is 4.16. The van der Waals surface area contributed by atoms with Gasteiger partial charge in [-0.25, -0.2) is 0 Å². The molecule has 0 amide bonds. The Labute approximate surface area is 62.6 Å². The lowest BCUT2D eigenvalue weighted by molar-refractivity contribution is 0.402. The molecule has 0 aliphatic heterocycles. The summed E-state index contributed by atoms with van der Waals surface area (Å²) in [6, 6.07) is 0. The molecule has 0 spiro atoms. The zero-order chi connectivity index (χ0) is 7.98. The van der Waals surface area contributed by atoms with Crippen molar-refractivity contribution < 1.29 is 4.74 Å². The van der Waals surface area contributed by atoms with Crippen LogP contribution in [0.25, 0.3) is 0 Å². The molecule has 0 radical (unpaired) electrons. The molecule has 0 aliphatic carbocycles. The first-order valence-electron chi connectivity index (χ1n) is 3.44. The van der Waals surface area contributed by atoms with Crippen LogP contribution in [0.3, 0.4) is 0 Å². The number of methoxy groups -OCH3 is 1. The number of allylic oxidation sites excluding steroid dienone is 1. The van der Waals surface area contributed by atoms with Gasteiger partial charge in [0.15, 0.2) is 0 Å². The number of aliphatic imine (C=N–C) groups is 1. The molecular weight excluding hydrogens is 126 g/mol. The molecule has 0 unspecified atom stereocenters. The lowest BCUT2D eigenvalue weighted by atomic mass is 10.2. The van der Waals surface area contributed by atoms with Gasteiger partial charge in [0.25, 0.3) is 0 Å². The molecule has 2 heteroatoms. The van der Waals surface area contributed by atoms with Crippen molar-refractivity contribution >= 4 is 5.90 Å². The van der Waals surface area contributed by atoms with Crippen LogP contribution in [-0.4, -0.2) is 20.1 Å². The maximum atomic E-state index is 5.00. The highest BCUT2D eigenvalue weighted by Gasteiger charge is 1.96. The SMILES string of the molecule is CC/C=C(C)\C(=N/C)OC. The average molecular weight is 141 g/mol. The first-order valence-corrected chi connectivity index (χ1v) is 3.44. The second kappa shape index (κ2) is 5.03. The molecule has 0 bridgehead atoms. The summed E-state index contributed by atoms with van der Waals surface area (Å²) in [5.41, 5.74) is 1.10. The molecule has 0 heterocycles. The fourth-order valence-corrected chi connectivity index (χ4v) is 0.822. The van der Waals surface area contributed by atoms with Crippen LogP contribution in [0.2, 0.25) is 0 Å². The van der Waals surface area contributed by atoms with Crippen molar-refractivity contribution in [1.29, 1.82) is 0 Å². The van der Waals surface area contributed by atoms with E-state index in [-0.39, 0.29) is 0 Å². The molecule has 0 aromatic heterocycles. The second-order valence-corrected chi connectivity index (χ2v) is 2.03. The van der Waals surface area contributed by atoms with E-state index in [0.717, 1.165) is 17.9 Å². The van der Waals surface area contributed by atoms with E-state index in [2.05, 4.69) is 18.0 Å². The van der Waals surface area contributed by atoms with Gasteiger partial charge >= 0.3 is 0 Å². The lowest BCUT2D eigenvalue weighted by Crippen LogP contribution is -2.02. The van der Waals surface area contributed by atoms with E-state index in [1.54, 1.807) is 14.2 Å². The van der Waals surface area contributed by atoms with Crippen LogP contribution in [0.15, 0.2) is 16.6 Å². The van der Waals surface area contributed by atoms with Crippen molar-refractivity contribution in [3.63, 3.8) is 0 Å². The van der Waals surface area contributed by atoms with E-state index in [1.807, 2.05) is 6.92 Å². The fourth-order valence-electron chi connectivity index (χ4n) is 0.822. The quantitative estimate of drug-likeness (QED) is 0.426. The third kappa shape index (κ3) is 2.67. The summed E-state index contributed by atoms with van der Waals surface area (Å²) in [6.45, 7) is 4.09. The van der Waals surface area contributed by atoms with Crippen LogP contribution < -0.4 is 0 Å².